The van der Waals surface area contributed by atoms with Crippen LogP contribution in [-0.4, -0.2) is 15.4 Å². The highest BCUT2D eigenvalue weighted by Gasteiger charge is 2.26. The molecule has 0 unspecified atom stereocenters. The van der Waals surface area contributed by atoms with E-state index in [4.69, 9.17) is 0 Å². The molecule has 4 aromatic rings. The maximum atomic E-state index is 4.51. The van der Waals surface area contributed by atoms with Crippen molar-refractivity contribution in [3.05, 3.63) is 89.1 Å². The molecule has 0 bridgehead atoms. The van der Waals surface area contributed by atoms with Crippen molar-refractivity contribution in [3.63, 3.8) is 0 Å². The second-order valence-electron chi connectivity index (χ2n) is 7.12. The van der Waals surface area contributed by atoms with Crippen LogP contribution in [0.2, 0.25) is 0 Å². The number of aryl methyl sites for hydroxylation is 1. The molecule has 0 spiro atoms. The zero-order valence-corrected chi connectivity index (χ0v) is 15.4. The van der Waals surface area contributed by atoms with Gasteiger partial charge in [0.25, 0.3) is 0 Å². The molecular formula is C24H19N3. The third-order valence-electron chi connectivity index (χ3n) is 5.59. The van der Waals surface area contributed by atoms with E-state index in [1.54, 1.807) is 0 Å². The normalized spacial score (nSPS) is 11.9. The number of aromatic nitrogens is 3. The molecule has 0 aliphatic heterocycles. The molecule has 0 amide bonds. The Balaban J connectivity index is 1.81. The Bertz CT molecular complexity index is 1160. The zero-order chi connectivity index (χ0) is 18.4. The molecule has 3 heteroatoms. The lowest BCUT2D eigenvalue weighted by Gasteiger charge is -2.16. The molecule has 1 aliphatic rings. The molecule has 0 fully saturated rings. The van der Waals surface area contributed by atoms with Gasteiger partial charge in [-0.25, -0.2) is 0 Å². The summed E-state index contributed by atoms with van der Waals surface area (Å²) in [5.74, 6) is 0. The highest BCUT2D eigenvalue weighted by molar-refractivity contribution is 5.90. The lowest BCUT2D eigenvalue weighted by atomic mass is 9.88. The molecule has 1 aromatic heterocycles. The van der Waals surface area contributed by atoms with Crippen molar-refractivity contribution in [1.82, 2.24) is 15.4 Å². The van der Waals surface area contributed by atoms with Crippen LogP contribution >= 0.6 is 0 Å². The number of rotatable bonds is 2. The molecule has 0 atom stereocenters. The number of hydrogen-bond acceptors (Lipinski definition) is 3. The number of benzene rings is 3. The summed E-state index contributed by atoms with van der Waals surface area (Å²) >= 11 is 0. The van der Waals surface area contributed by atoms with Crippen LogP contribution in [-0.2, 0) is 6.42 Å². The summed E-state index contributed by atoms with van der Waals surface area (Å²) in [6.07, 6.45) is 2.76. The first-order valence-electron chi connectivity index (χ1n) is 9.19. The third-order valence-corrected chi connectivity index (χ3v) is 5.59. The van der Waals surface area contributed by atoms with Gasteiger partial charge in [0, 0.05) is 11.1 Å². The minimum absolute atomic E-state index is 0.918. The predicted octanol–water partition coefficient (Wildman–Crippen LogP) is 5.39. The highest BCUT2D eigenvalue weighted by Crippen LogP contribution is 2.45. The summed E-state index contributed by atoms with van der Waals surface area (Å²) in [5.41, 5.74) is 12.2. The fourth-order valence-corrected chi connectivity index (χ4v) is 4.12. The van der Waals surface area contributed by atoms with E-state index in [-0.39, 0.29) is 0 Å². The minimum Gasteiger partial charge on any atom is -0.138 e. The second kappa shape index (κ2) is 6.13. The van der Waals surface area contributed by atoms with Crippen molar-refractivity contribution < 1.29 is 0 Å². The molecule has 130 valence electrons. The van der Waals surface area contributed by atoms with E-state index in [0.717, 1.165) is 23.2 Å². The number of hydrogen-bond donors (Lipinski definition) is 0. The van der Waals surface area contributed by atoms with Crippen molar-refractivity contribution in [2.24, 2.45) is 0 Å². The van der Waals surface area contributed by atoms with Crippen molar-refractivity contribution in [1.29, 1.82) is 0 Å². The fraction of sp³-hybridized carbons (Fsp3) is 0.125. The van der Waals surface area contributed by atoms with Crippen LogP contribution < -0.4 is 0 Å². The first kappa shape index (κ1) is 15.9. The van der Waals surface area contributed by atoms with E-state index >= 15 is 0 Å². The predicted molar refractivity (Wildman–Crippen MR) is 108 cm³/mol. The lowest BCUT2D eigenvalue weighted by Crippen LogP contribution is -2.01. The van der Waals surface area contributed by atoms with Gasteiger partial charge in [-0.05, 0) is 64.4 Å². The number of nitrogens with zero attached hydrogens (tertiary/aromatic N) is 3. The van der Waals surface area contributed by atoms with Crippen LogP contribution in [0.4, 0.5) is 0 Å². The summed E-state index contributed by atoms with van der Waals surface area (Å²) in [6, 6.07) is 21.3. The van der Waals surface area contributed by atoms with Crippen LogP contribution in [0.15, 0.2) is 66.9 Å². The second-order valence-corrected chi connectivity index (χ2v) is 7.12. The van der Waals surface area contributed by atoms with Crippen molar-refractivity contribution in [3.8, 4) is 33.5 Å². The summed E-state index contributed by atoms with van der Waals surface area (Å²) in [5, 5.41) is 12.6. The van der Waals surface area contributed by atoms with E-state index in [0.29, 0.717) is 0 Å². The van der Waals surface area contributed by atoms with Gasteiger partial charge in [-0.2, -0.15) is 0 Å². The standard InChI is InChI=1S/C24H19N3/c1-15-12-20-19-11-7-6-10-18(19)13-21(20)23(16(15)2)24-22(14-25-27-26-24)17-8-4-3-5-9-17/h3-12,14H,13H2,1-2H3. The first-order chi connectivity index (χ1) is 13.2. The van der Waals surface area contributed by atoms with Gasteiger partial charge in [0.2, 0.25) is 0 Å². The summed E-state index contributed by atoms with van der Waals surface area (Å²) in [7, 11) is 0. The lowest BCUT2D eigenvalue weighted by molar-refractivity contribution is 0.871. The topological polar surface area (TPSA) is 38.7 Å². The SMILES string of the molecule is Cc1cc2c(c(-c3nnncc3-c3ccccc3)c1C)Cc1ccccc1-2. The van der Waals surface area contributed by atoms with Crippen molar-refractivity contribution in [2.75, 3.05) is 0 Å². The molecule has 1 aliphatic carbocycles. The van der Waals surface area contributed by atoms with Crippen LogP contribution in [0.3, 0.4) is 0 Å². The van der Waals surface area contributed by atoms with Gasteiger partial charge < -0.3 is 0 Å². The van der Waals surface area contributed by atoms with E-state index in [1.165, 1.54) is 38.9 Å². The molecular weight excluding hydrogens is 330 g/mol. The fourth-order valence-electron chi connectivity index (χ4n) is 4.12. The summed E-state index contributed by atoms with van der Waals surface area (Å²) in [4.78, 5) is 0. The minimum atomic E-state index is 0.918. The Labute approximate surface area is 158 Å². The monoisotopic (exact) mass is 349 g/mol. The third kappa shape index (κ3) is 2.47. The molecule has 3 aromatic carbocycles. The van der Waals surface area contributed by atoms with E-state index in [9.17, 15) is 0 Å². The Hall–Kier alpha value is -3.33. The van der Waals surface area contributed by atoms with Crippen LogP contribution in [0.25, 0.3) is 33.5 Å². The number of fused-ring (bicyclic) bond motifs is 3. The largest absolute Gasteiger partial charge is 0.138 e. The highest BCUT2D eigenvalue weighted by atomic mass is 15.3. The van der Waals surface area contributed by atoms with Gasteiger partial charge >= 0.3 is 0 Å². The Kier molecular flexibility index (Phi) is 3.61. The van der Waals surface area contributed by atoms with Gasteiger partial charge in [0.15, 0.2) is 0 Å². The van der Waals surface area contributed by atoms with Gasteiger partial charge in [-0.15, -0.1) is 10.2 Å². The van der Waals surface area contributed by atoms with Gasteiger partial charge in [-0.1, -0.05) is 60.7 Å². The smallest absolute Gasteiger partial charge is 0.105 e. The van der Waals surface area contributed by atoms with Crippen LogP contribution in [0, 0.1) is 13.8 Å². The zero-order valence-electron chi connectivity index (χ0n) is 15.4. The average Bonchev–Trinajstić information content (AvgIpc) is 3.08. The molecule has 3 nitrogen and oxygen atoms in total. The van der Waals surface area contributed by atoms with Crippen LogP contribution in [0.1, 0.15) is 22.3 Å². The van der Waals surface area contributed by atoms with Crippen LogP contribution in [0.5, 0.6) is 0 Å². The quantitative estimate of drug-likeness (QED) is 0.429. The van der Waals surface area contributed by atoms with Gasteiger partial charge in [-0.3, -0.25) is 0 Å². The van der Waals surface area contributed by atoms with Gasteiger partial charge in [0.1, 0.15) is 5.69 Å². The maximum Gasteiger partial charge on any atom is 0.105 e. The molecule has 0 N–H and O–H groups in total. The van der Waals surface area contributed by atoms with Gasteiger partial charge in [0.05, 0.1) is 6.20 Å². The van der Waals surface area contributed by atoms with E-state index < -0.39 is 0 Å². The Morgan fingerprint density at radius 2 is 1.59 bits per heavy atom. The van der Waals surface area contributed by atoms with E-state index in [2.05, 4.69) is 71.7 Å². The molecule has 1 heterocycles. The van der Waals surface area contributed by atoms with Crippen molar-refractivity contribution >= 4 is 0 Å². The molecule has 27 heavy (non-hydrogen) atoms. The first-order valence-corrected chi connectivity index (χ1v) is 9.19. The molecule has 0 saturated carbocycles. The Morgan fingerprint density at radius 1 is 0.815 bits per heavy atom. The van der Waals surface area contributed by atoms with E-state index in [1.807, 2.05) is 24.4 Å². The molecule has 0 saturated heterocycles. The molecule has 5 rings (SSSR count). The summed E-state index contributed by atoms with van der Waals surface area (Å²) in [6.45, 7) is 4.36. The Morgan fingerprint density at radius 3 is 2.44 bits per heavy atom. The maximum absolute atomic E-state index is 4.51. The van der Waals surface area contributed by atoms with Crippen molar-refractivity contribution in [2.45, 2.75) is 20.3 Å². The average molecular weight is 349 g/mol. The summed E-state index contributed by atoms with van der Waals surface area (Å²) < 4.78 is 0. The molecule has 0 radical (unpaired) electrons.